The van der Waals surface area contributed by atoms with E-state index >= 15 is 0 Å². The molecule has 2 amide bonds. The summed E-state index contributed by atoms with van der Waals surface area (Å²) in [6.07, 6.45) is 0.0758. The molecule has 1 unspecified atom stereocenters. The molecule has 0 aliphatic carbocycles. The lowest BCUT2D eigenvalue weighted by Gasteiger charge is -2.19. The monoisotopic (exact) mass is 447 g/mol. The molecule has 4 N–H and O–H groups in total. The molecule has 8 nitrogen and oxygen atoms in total. The number of carbonyl (C=O) groups excluding carboxylic acids is 2. The maximum atomic E-state index is 12.4. The molecule has 2 aromatic carbocycles. The first kappa shape index (κ1) is 22.1. The van der Waals surface area contributed by atoms with E-state index in [-0.39, 0.29) is 18.2 Å². The third-order valence-electron chi connectivity index (χ3n) is 4.30. The molecule has 0 aliphatic heterocycles. The van der Waals surface area contributed by atoms with Crippen LogP contribution in [-0.2, 0) is 9.36 Å². The zero-order valence-electron chi connectivity index (χ0n) is 16.4. The first-order chi connectivity index (χ1) is 14.1. The van der Waals surface area contributed by atoms with Crippen LogP contribution in [0.3, 0.4) is 0 Å². The standard InChI is InChI=1S/C20H22N3O5PS/c1-12(2)11-16(29(26,27)28)18(24)21-13-7-9-14(10-8-13)22-19(25)20-23-15-5-3-4-6-17(15)30-20/h3-10,12,16H,11H2,1-2H3,(H,21,24)(H,22,25)(H2,26,27,28). The van der Waals surface area contributed by atoms with Crippen molar-refractivity contribution in [2.45, 2.75) is 25.9 Å². The SMILES string of the molecule is CC(C)CC(C(=O)Nc1ccc(NC(=O)c2nc3ccccc3s2)cc1)P(=O)(O)O. The van der Waals surface area contributed by atoms with Crippen molar-refractivity contribution < 1.29 is 23.9 Å². The molecule has 10 heteroatoms. The Kier molecular flexibility index (Phi) is 6.67. The van der Waals surface area contributed by atoms with Crippen molar-refractivity contribution in [2.75, 3.05) is 10.6 Å². The molecule has 1 atom stereocenters. The van der Waals surface area contributed by atoms with Gasteiger partial charge in [-0.1, -0.05) is 26.0 Å². The van der Waals surface area contributed by atoms with Crippen LogP contribution in [0.15, 0.2) is 48.5 Å². The second-order valence-electron chi connectivity index (χ2n) is 7.24. The lowest BCUT2D eigenvalue weighted by atomic mass is 10.1. The zero-order valence-corrected chi connectivity index (χ0v) is 18.1. The fourth-order valence-electron chi connectivity index (χ4n) is 2.86. The number of nitrogens with one attached hydrogen (secondary N) is 2. The third kappa shape index (κ3) is 5.52. The van der Waals surface area contributed by atoms with Gasteiger partial charge in [0.2, 0.25) is 5.91 Å². The van der Waals surface area contributed by atoms with Gasteiger partial charge in [0.15, 0.2) is 5.01 Å². The fourth-order valence-corrected chi connectivity index (χ4v) is 4.79. The number of para-hydroxylation sites is 1. The maximum Gasteiger partial charge on any atom is 0.337 e. The summed E-state index contributed by atoms with van der Waals surface area (Å²) in [6, 6.07) is 13.8. The van der Waals surface area contributed by atoms with Crippen LogP contribution in [0.1, 0.15) is 30.1 Å². The molecule has 0 saturated carbocycles. The molecule has 3 aromatic rings. The molecular formula is C20H22N3O5PS. The molecule has 0 radical (unpaired) electrons. The van der Waals surface area contributed by atoms with Crippen LogP contribution in [0, 0.1) is 5.92 Å². The Morgan fingerprint density at radius 2 is 1.63 bits per heavy atom. The van der Waals surface area contributed by atoms with Crippen LogP contribution in [0.25, 0.3) is 10.2 Å². The molecule has 0 saturated heterocycles. The summed E-state index contributed by atoms with van der Waals surface area (Å²) in [5, 5.41) is 5.61. The van der Waals surface area contributed by atoms with Gasteiger partial charge in [0.25, 0.3) is 5.91 Å². The maximum absolute atomic E-state index is 12.4. The average Bonchev–Trinajstić information content (AvgIpc) is 3.11. The number of amides is 2. The van der Waals surface area contributed by atoms with Crippen LogP contribution < -0.4 is 10.6 Å². The van der Waals surface area contributed by atoms with Crippen molar-refractivity contribution in [3.63, 3.8) is 0 Å². The van der Waals surface area contributed by atoms with Crippen molar-refractivity contribution >= 4 is 52.3 Å². The molecule has 0 fully saturated rings. The average molecular weight is 447 g/mol. The Bertz CT molecular complexity index is 1070. The summed E-state index contributed by atoms with van der Waals surface area (Å²) in [7, 11) is -4.57. The van der Waals surface area contributed by atoms with Crippen molar-refractivity contribution in [2.24, 2.45) is 5.92 Å². The van der Waals surface area contributed by atoms with E-state index in [9.17, 15) is 23.9 Å². The van der Waals surface area contributed by atoms with E-state index in [0.717, 1.165) is 10.2 Å². The van der Waals surface area contributed by atoms with Gasteiger partial charge in [-0.2, -0.15) is 0 Å². The van der Waals surface area contributed by atoms with Crippen LogP contribution in [0.2, 0.25) is 0 Å². The molecule has 1 aromatic heterocycles. The first-order valence-electron chi connectivity index (χ1n) is 9.26. The third-order valence-corrected chi connectivity index (χ3v) is 6.59. The molecular weight excluding hydrogens is 425 g/mol. The molecule has 0 spiro atoms. The molecule has 30 heavy (non-hydrogen) atoms. The van der Waals surface area contributed by atoms with Crippen LogP contribution in [0.5, 0.6) is 0 Å². The van der Waals surface area contributed by atoms with Gasteiger partial charge < -0.3 is 20.4 Å². The summed E-state index contributed by atoms with van der Waals surface area (Å²) < 4.78 is 12.6. The van der Waals surface area contributed by atoms with E-state index < -0.39 is 19.2 Å². The molecule has 0 aliphatic rings. The fraction of sp³-hybridized carbons (Fsp3) is 0.250. The number of carbonyl (C=O) groups is 2. The lowest BCUT2D eigenvalue weighted by Crippen LogP contribution is -2.29. The molecule has 0 bridgehead atoms. The number of anilines is 2. The highest BCUT2D eigenvalue weighted by Crippen LogP contribution is 2.44. The number of thiazole rings is 1. The van der Waals surface area contributed by atoms with Crippen LogP contribution in [0.4, 0.5) is 11.4 Å². The summed E-state index contributed by atoms with van der Waals surface area (Å²) in [6.45, 7) is 3.58. The van der Waals surface area contributed by atoms with Gasteiger partial charge >= 0.3 is 7.60 Å². The number of hydrogen-bond acceptors (Lipinski definition) is 5. The van der Waals surface area contributed by atoms with Gasteiger partial charge in [-0.15, -0.1) is 11.3 Å². The summed E-state index contributed by atoms with van der Waals surface area (Å²) >= 11 is 1.29. The second kappa shape index (κ2) is 9.06. The summed E-state index contributed by atoms with van der Waals surface area (Å²) in [4.78, 5) is 48.0. The molecule has 158 valence electrons. The Balaban J connectivity index is 1.66. The smallest absolute Gasteiger partial charge is 0.325 e. The zero-order chi connectivity index (χ0) is 21.9. The van der Waals surface area contributed by atoms with Gasteiger partial charge in [0, 0.05) is 11.4 Å². The lowest BCUT2D eigenvalue weighted by molar-refractivity contribution is -0.116. The van der Waals surface area contributed by atoms with Gasteiger partial charge in [-0.25, -0.2) is 4.98 Å². The molecule has 1 heterocycles. The molecule has 3 rings (SSSR count). The van der Waals surface area contributed by atoms with Gasteiger partial charge in [0.05, 0.1) is 10.2 Å². The van der Waals surface area contributed by atoms with Crippen molar-refractivity contribution in [3.8, 4) is 0 Å². The predicted octanol–water partition coefficient (Wildman–Crippen LogP) is 4.08. The quantitative estimate of drug-likeness (QED) is 0.404. The Morgan fingerprint density at radius 3 is 2.20 bits per heavy atom. The minimum Gasteiger partial charge on any atom is -0.325 e. The van der Waals surface area contributed by atoms with E-state index in [1.165, 1.54) is 11.3 Å². The van der Waals surface area contributed by atoms with Crippen LogP contribution in [-0.4, -0.2) is 32.2 Å². The topological polar surface area (TPSA) is 129 Å². The highest BCUT2D eigenvalue weighted by atomic mass is 32.1. The number of aromatic nitrogens is 1. The van der Waals surface area contributed by atoms with E-state index in [1.54, 1.807) is 38.1 Å². The number of benzene rings is 2. The number of rotatable bonds is 7. The minimum absolute atomic E-state index is 0.0477. The highest BCUT2D eigenvalue weighted by Gasteiger charge is 2.36. The van der Waals surface area contributed by atoms with E-state index in [4.69, 9.17) is 0 Å². The van der Waals surface area contributed by atoms with Gasteiger partial charge in [-0.05, 0) is 48.7 Å². The van der Waals surface area contributed by atoms with E-state index in [0.29, 0.717) is 16.4 Å². The number of hydrogen-bond donors (Lipinski definition) is 4. The Morgan fingerprint density at radius 1 is 1.03 bits per heavy atom. The second-order valence-corrected chi connectivity index (χ2v) is 10.1. The van der Waals surface area contributed by atoms with E-state index in [2.05, 4.69) is 15.6 Å². The minimum atomic E-state index is -4.57. The van der Waals surface area contributed by atoms with Crippen LogP contribution >= 0.6 is 18.9 Å². The highest BCUT2D eigenvalue weighted by molar-refractivity contribution is 7.53. The normalized spacial score (nSPS) is 12.7. The van der Waals surface area contributed by atoms with Gasteiger partial charge in [0.1, 0.15) is 5.66 Å². The predicted molar refractivity (Wildman–Crippen MR) is 118 cm³/mol. The van der Waals surface area contributed by atoms with Crippen molar-refractivity contribution in [1.82, 2.24) is 4.98 Å². The Hall–Kier alpha value is -2.58. The van der Waals surface area contributed by atoms with E-state index in [1.807, 2.05) is 24.3 Å². The summed E-state index contributed by atoms with van der Waals surface area (Å²) in [5.74, 6) is -1.12. The first-order valence-corrected chi connectivity index (χ1v) is 11.8. The van der Waals surface area contributed by atoms with Gasteiger partial charge in [-0.3, -0.25) is 14.2 Å². The summed E-state index contributed by atoms with van der Waals surface area (Å²) in [5.41, 5.74) is 0.230. The number of fused-ring (bicyclic) bond motifs is 1. The number of nitrogens with zero attached hydrogens (tertiary/aromatic N) is 1. The Labute approximate surface area is 177 Å². The largest absolute Gasteiger partial charge is 0.337 e. The van der Waals surface area contributed by atoms with Crippen molar-refractivity contribution in [1.29, 1.82) is 0 Å². The van der Waals surface area contributed by atoms with Crippen molar-refractivity contribution in [3.05, 3.63) is 53.5 Å².